The SMILES string of the molecule is O=C(O)c1nccnc1NCCc1cnc2n1CCCC2. The average Bonchev–Trinajstić information content (AvgIpc) is 2.91. The number of carboxylic acids is 1. The number of anilines is 1. The third-order valence-electron chi connectivity index (χ3n) is 3.63. The van der Waals surface area contributed by atoms with Gasteiger partial charge in [-0.15, -0.1) is 0 Å². The Morgan fingerprint density at radius 1 is 1.29 bits per heavy atom. The maximum Gasteiger partial charge on any atom is 0.358 e. The maximum absolute atomic E-state index is 11.0. The number of aromatic carboxylic acids is 1. The monoisotopic (exact) mass is 287 g/mol. The number of carbonyl (C=O) groups is 1. The van der Waals surface area contributed by atoms with E-state index in [1.54, 1.807) is 0 Å². The molecular weight excluding hydrogens is 270 g/mol. The quantitative estimate of drug-likeness (QED) is 0.862. The minimum atomic E-state index is -1.08. The minimum absolute atomic E-state index is 0.0483. The number of carboxylic acid groups (broad SMARTS) is 1. The summed E-state index contributed by atoms with van der Waals surface area (Å²) in [5.74, 6) is 0.387. The normalized spacial score (nSPS) is 13.7. The van der Waals surface area contributed by atoms with Gasteiger partial charge in [-0.3, -0.25) is 0 Å². The first-order chi connectivity index (χ1) is 10.3. The summed E-state index contributed by atoms with van der Waals surface area (Å²) < 4.78 is 2.26. The largest absolute Gasteiger partial charge is 0.476 e. The van der Waals surface area contributed by atoms with Crippen molar-refractivity contribution < 1.29 is 9.90 Å². The molecule has 0 bridgehead atoms. The number of nitrogens with one attached hydrogen (secondary N) is 1. The van der Waals surface area contributed by atoms with E-state index in [2.05, 4.69) is 24.8 Å². The smallest absolute Gasteiger partial charge is 0.358 e. The van der Waals surface area contributed by atoms with Gasteiger partial charge in [0.2, 0.25) is 0 Å². The van der Waals surface area contributed by atoms with E-state index in [-0.39, 0.29) is 5.69 Å². The lowest BCUT2D eigenvalue weighted by atomic mass is 10.1. The highest BCUT2D eigenvalue weighted by Crippen LogP contribution is 2.16. The Morgan fingerprint density at radius 3 is 3.00 bits per heavy atom. The molecule has 0 aromatic carbocycles. The molecule has 2 aromatic heterocycles. The fraction of sp³-hybridized carbons (Fsp3) is 0.429. The molecule has 0 atom stereocenters. The van der Waals surface area contributed by atoms with Crippen LogP contribution < -0.4 is 5.32 Å². The molecule has 0 saturated carbocycles. The topological polar surface area (TPSA) is 92.9 Å². The number of rotatable bonds is 5. The van der Waals surface area contributed by atoms with Crippen molar-refractivity contribution in [1.82, 2.24) is 19.5 Å². The Morgan fingerprint density at radius 2 is 2.14 bits per heavy atom. The fourth-order valence-electron chi connectivity index (χ4n) is 2.61. The highest BCUT2D eigenvalue weighted by molar-refractivity contribution is 5.90. The van der Waals surface area contributed by atoms with Crippen molar-refractivity contribution in [2.45, 2.75) is 32.2 Å². The molecule has 21 heavy (non-hydrogen) atoms. The summed E-state index contributed by atoms with van der Waals surface area (Å²) in [4.78, 5) is 23.3. The van der Waals surface area contributed by atoms with Crippen LogP contribution in [0.2, 0.25) is 0 Å². The van der Waals surface area contributed by atoms with Gasteiger partial charge < -0.3 is 15.0 Å². The number of aryl methyl sites for hydroxylation is 1. The van der Waals surface area contributed by atoms with Crippen LogP contribution in [0, 0.1) is 0 Å². The Hall–Kier alpha value is -2.44. The molecule has 2 N–H and O–H groups in total. The molecule has 0 saturated heterocycles. The molecular formula is C14H17N5O2. The van der Waals surface area contributed by atoms with Crippen LogP contribution >= 0.6 is 0 Å². The lowest BCUT2D eigenvalue weighted by Crippen LogP contribution is -2.16. The van der Waals surface area contributed by atoms with Gasteiger partial charge >= 0.3 is 5.97 Å². The van der Waals surface area contributed by atoms with Gasteiger partial charge in [-0.05, 0) is 12.8 Å². The number of nitrogens with zero attached hydrogens (tertiary/aromatic N) is 4. The first kappa shape index (κ1) is 13.5. The number of hydrogen-bond donors (Lipinski definition) is 2. The zero-order chi connectivity index (χ0) is 14.7. The molecule has 3 rings (SSSR count). The summed E-state index contributed by atoms with van der Waals surface area (Å²) in [6, 6.07) is 0. The highest BCUT2D eigenvalue weighted by Gasteiger charge is 2.15. The van der Waals surface area contributed by atoms with E-state index in [1.165, 1.54) is 30.9 Å². The molecule has 110 valence electrons. The van der Waals surface area contributed by atoms with Crippen molar-refractivity contribution >= 4 is 11.8 Å². The van der Waals surface area contributed by atoms with E-state index in [1.807, 2.05) is 6.20 Å². The van der Waals surface area contributed by atoms with Crippen molar-refractivity contribution in [3.8, 4) is 0 Å². The van der Waals surface area contributed by atoms with Crippen molar-refractivity contribution in [3.05, 3.63) is 35.8 Å². The Bertz CT molecular complexity index is 653. The second-order valence-electron chi connectivity index (χ2n) is 5.01. The zero-order valence-electron chi connectivity index (χ0n) is 11.6. The van der Waals surface area contributed by atoms with Crippen molar-refractivity contribution in [1.29, 1.82) is 0 Å². The lowest BCUT2D eigenvalue weighted by molar-refractivity contribution is 0.0691. The Kier molecular flexibility index (Phi) is 3.81. The summed E-state index contributed by atoms with van der Waals surface area (Å²) in [6.45, 7) is 1.63. The van der Waals surface area contributed by atoms with Crippen LogP contribution in [0.25, 0.3) is 0 Å². The molecule has 0 radical (unpaired) electrons. The van der Waals surface area contributed by atoms with Gasteiger partial charge in [0.1, 0.15) is 5.82 Å². The summed E-state index contributed by atoms with van der Waals surface area (Å²) in [5, 5.41) is 12.1. The van der Waals surface area contributed by atoms with Gasteiger partial charge in [0.15, 0.2) is 11.5 Å². The second kappa shape index (κ2) is 5.90. The van der Waals surface area contributed by atoms with Crippen LogP contribution in [-0.2, 0) is 19.4 Å². The Labute approximate surface area is 122 Å². The second-order valence-corrected chi connectivity index (χ2v) is 5.01. The van der Waals surface area contributed by atoms with Gasteiger partial charge in [-0.1, -0.05) is 0 Å². The molecule has 0 spiro atoms. The van der Waals surface area contributed by atoms with E-state index in [0.717, 1.165) is 25.2 Å². The summed E-state index contributed by atoms with van der Waals surface area (Å²) in [7, 11) is 0. The van der Waals surface area contributed by atoms with Crippen LogP contribution in [-0.4, -0.2) is 37.1 Å². The van der Waals surface area contributed by atoms with E-state index in [0.29, 0.717) is 12.4 Å². The third kappa shape index (κ3) is 2.86. The first-order valence-electron chi connectivity index (χ1n) is 7.07. The molecule has 0 fully saturated rings. The fourth-order valence-corrected chi connectivity index (χ4v) is 2.61. The molecule has 0 aliphatic carbocycles. The zero-order valence-corrected chi connectivity index (χ0v) is 11.6. The van der Waals surface area contributed by atoms with Crippen molar-refractivity contribution in [2.24, 2.45) is 0 Å². The van der Waals surface area contributed by atoms with E-state index < -0.39 is 5.97 Å². The van der Waals surface area contributed by atoms with Crippen LogP contribution in [0.15, 0.2) is 18.6 Å². The highest BCUT2D eigenvalue weighted by atomic mass is 16.4. The van der Waals surface area contributed by atoms with E-state index >= 15 is 0 Å². The van der Waals surface area contributed by atoms with Crippen molar-refractivity contribution in [3.63, 3.8) is 0 Å². The molecule has 1 aliphatic rings. The first-order valence-corrected chi connectivity index (χ1v) is 7.07. The molecule has 3 heterocycles. The summed E-state index contributed by atoms with van der Waals surface area (Å²) in [5.41, 5.74) is 1.13. The predicted octanol–water partition coefficient (Wildman–Crippen LogP) is 1.36. The van der Waals surface area contributed by atoms with Gasteiger partial charge in [-0.25, -0.2) is 19.7 Å². The number of imidazole rings is 1. The molecule has 7 nitrogen and oxygen atoms in total. The minimum Gasteiger partial charge on any atom is -0.476 e. The van der Waals surface area contributed by atoms with Gasteiger partial charge in [0.25, 0.3) is 0 Å². The van der Waals surface area contributed by atoms with Crippen LogP contribution in [0.4, 0.5) is 5.82 Å². The van der Waals surface area contributed by atoms with Crippen LogP contribution in [0.3, 0.4) is 0 Å². The Balaban J connectivity index is 1.64. The predicted molar refractivity (Wildman–Crippen MR) is 76.4 cm³/mol. The number of hydrogen-bond acceptors (Lipinski definition) is 5. The molecule has 7 heteroatoms. The molecule has 0 unspecified atom stereocenters. The molecule has 2 aromatic rings. The lowest BCUT2D eigenvalue weighted by Gasteiger charge is -2.16. The van der Waals surface area contributed by atoms with Gasteiger partial charge in [0.05, 0.1) is 0 Å². The van der Waals surface area contributed by atoms with Gasteiger partial charge in [-0.2, -0.15) is 0 Å². The summed E-state index contributed by atoms with van der Waals surface area (Å²) >= 11 is 0. The standard InChI is InChI=1S/C14H17N5O2/c20-14(21)12-13(17-7-6-15-12)16-5-4-10-9-18-11-3-1-2-8-19(10)11/h6-7,9H,1-5,8H2,(H,16,17)(H,20,21). The average molecular weight is 287 g/mol. The number of aromatic nitrogens is 4. The van der Waals surface area contributed by atoms with E-state index in [9.17, 15) is 4.79 Å². The molecule has 0 amide bonds. The maximum atomic E-state index is 11.0. The summed E-state index contributed by atoms with van der Waals surface area (Å²) in [6.07, 6.45) is 8.99. The molecule has 1 aliphatic heterocycles. The number of fused-ring (bicyclic) bond motifs is 1. The van der Waals surface area contributed by atoms with Crippen LogP contribution in [0.1, 0.15) is 34.8 Å². The van der Waals surface area contributed by atoms with Crippen LogP contribution in [0.5, 0.6) is 0 Å². The van der Waals surface area contributed by atoms with Crippen molar-refractivity contribution in [2.75, 3.05) is 11.9 Å². The van der Waals surface area contributed by atoms with Gasteiger partial charge in [0, 0.05) is 50.2 Å². The third-order valence-corrected chi connectivity index (χ3v) is 3.63. The van der Waals surface area contributed by atoms with E-state index in [4.69, 9.17) is 5.11 Å².